The standard InChI is InChI=1S/C59H40N4/c1-3-13-46(14-4-1)62(54-29-23-42-19-17-38-9-7-11-40-21-27-50(54)58(42)56(38)40)48-25-31-52-44(33-48)35-60-37-61(52)36-45-34-49(26-32-53(45)60)63(47-15-5-2-6-16-47)55-30-24-43-20-18-39-10-8-12-41-22-28-51(55)59(43)57(39)41/h1-34H,35-37H2. The molecule has 4 heteroatoms. The van der Waals surface area contributed by atoms with Gasteiger partial charge in [-0.25, -0.2) is 0 Å². The maximum atomic E-state index is 2.56. The van der Waals surface area contributed by atoms with Crippen molar-refractivity contribution in [1.29, 1.82) is 0 Å². The van der Waals surface area contributed by atoms with Crippen molar-refractivity contribution in [2.45, 2.75) is 13.1 Å². The molecule has 0 saturated carbocycles. The smallest absolute Gasteiger partial charge is 0.0910 e. The van der Waals surface area contributed by atoms with E-state index < -0.39 is 0 Å². The molecule has 2 bridgehead atoms. The average molecular weight is 805 g/mol. The van der Waals surface area contributed by atoms with Gasteiger partial charge in [-0.15, -0.1) is 0 Å². The summed E-state index contributed by atoms with van der Waals surface area (Å²) in [6.07, 6.45) is 0. The van der Waals surface area contributed by atoms with Crippen LogP contribution in [0.1, 0.15) is 11.1 Å². The van der Waals surface area contributed by atoms with Gasteiger partial charge in [0.15, 0.2) is 0 Å². The number of benzene rings is 12. The number of hydrogen-bond acceptors (Lipinski definition) is 4. The molecule has 63 heavy (non-hydrogen) atoms. The Morgan fingerprint density at radius 2 is 0.683 bits per heavy atom. The lowest BCUT2D eigenvalue weighted by Crippen LogP contribution is -2.46. The van der Waals surface area contributed by atoms with E-state index >= 15 is 0 Å². The highest BCUT2D eigenvalue weighted by molar-refractivity contribution is 6.27. The van der Waals surface area contributed by atoms with E-state index in [2.05, 4.69) is 226 Å². The van der Waals surface area contributed by atoms with Gasteiger partial charge in [0.1, 0.15) is 0 Å². The summed E-state index contributed by atoms with van der Waals surface area (Å²) >= 11 is 0. The lowest BCUT2D eigenvalue weighted by Gasteiger charge is -2.45. The molecule has 2 aliphatic rings. The summed E-state index contributed by atoms with van der Waals surface area (Å²) < 4.78 is 0. The van der Waals surface area contributed by atoms with Crippen LogP contribution in [0.2, 0.25) is 0 Å². The summed E-state index contributed by atoms with van der Waals surface area (Å²) in [6.45, 7) is 2.54. The lowest BCUT2D eigenvalue weighted by atomic mass is 9.93. The molecule has 0 saturated heterocycles. The Bertz CT molecular complexity index is 3470. The van der Waals surface area contributed by atoms with Gasteiger partial charge in [0.25, 0.3) is 0 Å². The SMILES string of the molecule is c1ccc(N(c2ccc3c(c2)CN2CN3Cc3cc(N(c4ccccc4)c4ccc5ccc6cccc7ccc4c5c67)ccc32)c2ccc3ccc4cccc5ccc2c3c45)cc1. The highest BCUT2D eigenvalue weighted by Gasteiger charge is 2.31. The van der Waals surface area contributed by atoms with Gasteiger partial charge in [-0.2, -0.15) is 0 Å². The molecular formula is C59H40N4. The molecule has 4 nitrogen and oxygen atoms in total. The summed E-state index contributed by atoms with van der Waals surface area (Å²) in [5.74, 6) is 0. The number of para-hydroxylation sites is 2. The van der Waals surface area contributed by atoms with Gasteiger partial charge in [-0.05, 0) is 138 Å². The summed E-state index contributed by atoms with van der Waals surface area (Å²) in [7, 11) is 0. The Labute approximate surface area is 365 Å². The summed E-state index contributed by atoms with van der Waals surface area (Å²) in [5.41, 5.74) is 12.3. The maximum absolute atomic E-state index is 2.56. The van der Waals surface area contributed by atoms with Crippen LogP contribution in [0.5, 0.6) is 0 Å². The summed E-state index contributed by atoms with van der Waals surface area (Å²) in [5, 5.41) is 15.5. The molecule has 2 heterocycles. The van der Waals surface area contributed by atoms with E-state index in [0.29, 0.717) is 0 Å². The second kappa shape index (κ2) is 13.2. The van der Waals surface area contributed by atoms with Crippen molar-refractivity contribution < 1.29 is 0 Å². The van der Waals surface area contributed by atoms with Crippen molar-refractivity contribution in [3.8, 4) is 0 Å². The zero-order valence-corrected chi connectivity index (χ0v) is 34.5. The molecule has 2 aliphatic heterocycles. The third kappa shape index (κ3) is 5.15. The van der Waals surface area contributed by atoms with Crippen LogP contribution in [0.15, 0.2) is 206 Å². The molecule has 0 N–H and O–H groups in total. The van der Waals surface area contributed by atoms with E-state index in [9.17, 15) is 0 Å². The summed E-state index contributed by atoms with van der Waals surface area (Å²) in [6, 6.07) is 76.8. The number of rotatable bonds is 6. The first kappa shape index (κ1) is 34.6. The molecular weight excluding hydrogens is 765 g/mol. The lowest BCUT2D eigenvalue weighted by molar-refractivity contribution is 0.651. The van der Waals surface area contributed by atoms with Crippen LogP contribution in [-0.2, 0) is 13.1 Å². The van der Waals surface area contributed by atoms with Crippen LogP contribution in [0.25, 0.3) is 64.6 Å². The monoisotopic (exact) mass is 804 g/mol. The van der Waals surface area contributed by atoms with E-state index in [-0.39, 0.29) is 0 Å². The van der Waals surface area contributed by atoms with Crippen LogP contribution in [0, 0.1) is 0 Å². The molecule has 296 valence electrons. The minimum atomic E-state index is 0.838. The second-order valence-corrected chi connectivity index (χ2v) is 17.4. The molecule has 0 atom stereocenters. The summed E-state index contributed by atoms with van der Waals surface area (Å²) in [4.78, 5) is 10.0. The van der Waals surface area contributed by atoms with Gasteiger partial charge in [-0.3, -0.25) is 0 Å². The third-order valence-corrected chi connectivity index (χ3v) is 13.9. The topological polar surface area (TPSA) is 13.0 Å². The fourth-order valence-electron chi connectivity index (χ4n) is 11.2. The average Bonchev–Trinajstić information content (AvgIpc) is 3.34. The quantitative estimate of drug-likeness (QED) is 0.155. The first-order chi connectivity index (χ1) is 31.2. The number of nitrogens with zero attached hydrogens (tertiary/aromatic N) is 4. The highest BCUT2D eigenvalue weighted by atomic mass is 15.4. The predicted octanol–water partition coefficient (Wildman–Crippen LogP) is 15.7. The Morgan fingerprint density at radius 1 is 0.302 bits per heavy atom. The van der Waals surface area contributed by atoms with Gasteiger partial charge >= 0.3 is 0 Å². The molecule has 0 radical (unpaired) electrons. The van der Waals surface area contributed by atoms with Gasteiger partial charge in [0, 0.05) is 58.0 Å². The predicted molar refractivity (Wildman–Crippen MR) is 267 cm³/mol. The first-order valence-electron chi connectivity index (χ1n) is 22.0. The van der Waals surface area contributed by atoms with Gasteiger partial charge in [-0.1, -0.05) is 133 Å². The molecule has 0 unspecified atom stereocenters. The fraction of sp³-hybridized carbons (Fsp3) is 0.0508. The van der Waals surface area contributed by atoms with E-state index in [1.165, 1.54) is 110 Å². The minimum absolute atomic E-state index is 0.838. The van der Waals surface area contributed by atoms with E-state index in [0.717, 1.165) is 31.1 Å². The van der Waals surface area contributed by atoms with Crippen LogP contribution in [0.3, 0.4) is 0 Å². The zero-order chi connectivity index (χ0) is 41.2. The molecule has 12 aromatic rings. The van der Waals surface area contributed by atoms with Crippen LogP contribution in [0.4, 0.5) is 45.5 Å². The fourth-order valence-corrected chi connectivity index (χ4v) is 11.2. The molecule has 0 spiro atoms. The Hall–Kier alpha value is -8.08. The largest absolute Gasteiger partial charge is 0.349 e. The Balaban J connectivity index is 0.864. The van der Waals surface area contributed by atoms with Crippen molar-refractivity contribution >= 4 is 110 Å². The normalized spacial score (nSPS) is 13.5. The van der Waals surface area contributed by atoms with Crippen molar-refractivity contribution in [3.05, 3.63) is 217 Å². The maximum Gasteiger partial charge on any atom is 0.0910 e. The number of fused-ring (bicyclic) bond motifs is 6. The molecule has 0 aromatic heterocycles. The number of hydrogen-bond donors (Lipinski definition) is 0. The molecule has 0 amide bonds. The van der Waals surface area contributed by atoms with E-state index in [1.807, 2.05) is 0 Å². The van der Waals surface area contributed by atoms with Crippen LogP contribution >= 0.6 is 0 Å². The van der Waals surface area contributed by atoms with E-state index in [4.69, 9.17) is 0 Å². The second-order valence-electron chi connectivity index (χ2n) is 17.4. The Kier molecular flexibility index (Phi) is 7.26. The van der Waals surface area contributed by atoms with Crippen molar-refractivity contribution in [3.63, 3.8) is 0 Å². The minimum Gasteiger partial charge on any atom is -0.349 e. The van der Waals surface area contributed by atoms with Gasteiger partial charge in [0.05, 0.1) is 18.0 Å². The van der Waals surface area contributed by atoms with Crippen molar-refractivity contribution in [2.75, 3.05) is 26.3 Å². The number of anilines is 8. The molecule has 0 fully saturated rings. The first-order valence-corrected chi connectivity index (χ1v) is 22.0. The third-order valence-electron chi connectivity index (χ3n) is 13.9. The van der Waals surface area contributed by atoms with E-state index in [1.54, 1.807) is 0 Å². The van der Waals surface area contributed by atoms with Crippen LogP contribution < -0.4 is 19.6 Å². The highest BCUT2D eigenvalue weighted by Crippen LogP contribution is 2.48. The van der Waals surface area contributed by atoms with Crippen molar-refractivity contribution in [2.24, 2.45) is 0 Å². The molecule has 12 aromatic carbocycles. The van der Waals surface area contributed by atoms with Crippen LogP contribution in [-0.4, -0.2) is 6.67 Å². The zero-order valence-electron chi connectivity index (χ0n) is 34.5. The molecule has 14 rings (SSSR count). The Morgan fingerprint density at radius 3 is 1.11 bits per heavy atom. The van der Waals surface area contributed by atoms with Gasteiger partial charge < -0.3 is 19.6 Å². The van der Waals surface area contributed by atoms with Gasteiger partial charge in [0.2, 0.25) is 0 Å². The van der Waals surface area contributed by atoms with Crippen molar-refractivity contribution in [1.82, 2.24) is 0 Å². The molecule has 0 aliphatic carbocycles.